The van der Waals surface area contributed by atoms with Gasteiger partial charge in [-0.2, -0.15) is 0 Å². The maximum Gasteiger partial charge on any atom is 0.191 e. The van der Waals surface area contributed by atoms with Crippen LogP contribution in [0.15, 0.2) is 40.7 Å². The number of nitrogens with one attached hydrogen (secondary N) is 2. The van der Waals surface area contributed by atoms with Crippen LogP contribution in [0.4, 0.5) is 0 Å². The summed E-state index contributed by atoms with van der Waals surface area (Å²) < 4.78 is 10.9. The van der Waals surface area contributed by atoms with Crippen LogP contribution >= 0.6 is 11.3 Å². The molecule has 3 rings (SSSR count). The van der Waals surface area contributed by atoms with E-state index < -0.39 is 0 Å². The van der Waals surface area contributed by atoms with Crippen molar-refractivity contribution in [3.63, 3.8) is 0 Å². The molecule has 1 saturated heterocycles. The van der Waals surface area contributed by atoms with E-state index in [1.165, 1.54) is 17.7 Å². The van der Waals surface area contributed by atoms with E-state index >= 15 is 0 Å². The molecule has 6 nitrogen and oxygen atoms in total. The van der Waals surface area contributed by atoms with Gasteiger partial charge in [-0.15, -0.1) is 17.8 Å². The van der Waals surface area contributed by atoms with Gasteiger partial charge in [0.25, 0.3) is 0 Å². The fraction of sp³-hybridized carbons (Fsp3) is 0.458. The van der Waals surface area contributed by atoms with Gasteiger partial charge in [-0.3, -0.25) is 9.89 Å². The zero-order valence-electron chi connectivity index (χ0n) is 18.6. The van der Waals surface area contributed by atoms with Crippen molar-refractivity contribution in [2.75, 3.05) is 40.9 Å². The van der Waals surface area contributed by atoms with Crippen LogP contribution in [0.5, 0.6) is 11.5 Å². The molecule has 2 aromatic rings. The van der Waals surface area contributed by atoms with Crippen LogP contribution in [0.25, 0.3) is 0 Å². The molecule has 1 fully saturated rings. The molecule has 2 N–H and O–H groups in total. The Morgan fingerprint density at radius 1 is 1.32 bits per heavy atom. The van der Waals surface area contributed by atoms with E-state index in [0.717, 1.165) is 24.6 Å². The van der Waals surface area contributed by atoms with Gasteiger partial charge < -0.3 is 20.1 Å². The highest BCUT2D eigenvalue weighted by Crippen LogP contribution is 2.36. The first-order valence-electron chi connectivity index (χ1n) is 10.6. The second-order valence-corrected chi connectivity index (χ2v) is 8.61. The van der Waals surface area contributed by atoms with Crippen LogP contribution in [0.1, 0.15) is 29.3 Å². The van der Waals surface area contributed by atoms with E-state index in [9.17, 15) is 0 Å². The largest absolute Gasteiger partial charge is 0.493 e. The lowest BCUT2D eigenvalue weighted by atomic mass is 9.88. The first-order valence-corrected chi connectivity index (χ1v) is 11.5. The van der Waals surface area contributed by atoms with Crippen LogP contribution in [0.2, 0.25) is 0 Å². The summed E-state index contributed by atoms with van der Waals surface area (Å²) in [5, 5.41) is 9.09. The summed E-state index contributed by atoms with van der Waals surface area (Å²) in [4.78, 5) is 8.32. The summed E-state index contributed by atoms with van der Waals surface area (Å²) in [6, 6.07) is 10.7. The van der Waals surface area contributed by atoms with Crippen molar-refractivity contribution in [2.45, 2.75) is 25.4 Å². The van der Waals surface area contributed by atoms with Crippen molar-refractivity contribution in [1.29, 1.82) is 0 Å². The van der Waals surface area contributed by atoms with Crippen molar-refractivity contribution in [1.82, 2.24) is 15.5 Å². The SMILES string of the molecule is C#CCOc1cc(CNC(=NC)NCC2CCCN(C)C2c2cccs2)ccc1OC. The molecule has 1 aromatic heterocycles. The van der Waals surface area contributed by atoms with Gasteiger partial charge in [-0.25, -0.2) is 0 Å². The number of benzene rings is 1. The Morgan fingerprint density at radius 2 is 2.19 bits per heavy atom. The molecule has 166 valence electrons. The average Bonchev–Trinajstić information content (AvgIpc) is 3.32. The first-order chi connectivity index (χ1) is 15.2. The zero-order valence-corrected chi connectivity index (χ0v) is 19.4. The summed E-state index contributed by atoms with van der Waals surface area (Å²) in [7, 11) is 5.65. The number of hydrogen-bond donors (Lipinski definition) is 2. The molecule has 31 heavy (non-hydrogen) atoms. The van der Waals surface area contributed by atoms with E-state index in [4.69, 9.17) is 15.9 Å². The number of nitrogens with zero attached hydrogens (tertiary/aromatic N) is 2. The molecule has 1 aromatic carbocycles. The molecule has 0 saturated carbocycles. The van der Waals surface area contributed by atoms with Crippen LogP contribution in [-0.4, -0.2) is 51.8 Å². The number of rotatable bonds is 8. The van der Waals surface area contributed by atoms with Gasteiger partial charge >= 0.3 is 0 Å². The van der Waals surface area contributed by atoms with Crippen molar-refractivity contribution in [3.8, 4) is 23.8 Å². The molecule has 0 spiro atoms. The highest BCUT2D eigenvalue weighted by atomic mass is 32.1. The van der Waals surface area contributed by atoms with Gasteiger partial charge in [0.15, 0.2) is 17.5 Å². The third kappa shape index (κ3) is 6.16. The predicted octanol–water partition coefficient (Wildman–Crippen LogP) is 3.52. The molecule has 0 radical (unpaired) electrons. The molecule has 0 amide bonds. The summed E-state index contributed by atoms with van der Waals surface area (Å²) >= 11 is 1.84. The monoisotopic (exact) mass is 440 g/mol. The average molecular weight is 441 g/mol. The molecule has 2 atom stereocenters. The molecule has 2 heterocycles. The lowest BCUT2D eigenvalue weighted by Crippen LogP contribution is -2.44. The van der Waals surface area contributed by atoms with Gasteiger partial charge in [-0.1, -0.05) is 18.1 Å². The molecule has 1 aliphatic rings. The standard InChI is InChI=1S/C24H32N4O2S/c1-5-13-30-21-15-18(10-11-20(21)29-4)16-26-24(25-2)27-17-19-8-6-12-28(3)23(19)22-9-7-14-31-22/h1,7,9-11,14-15,19,23H,6,8,12-13,16-17H2,2-4H3,(H2,25,26,27). The molecule has 2 unspecified atom stereocenters. The van der Waals surface area contributed by atoms with E-state index in [2.05, 4.69) is 51.0 Å². The summed E-state index contributed by atoms with van der Waals surface area (Å²) in [6.45, 7) is 2.85. The Morgan fingerprint density at radius 3 is 2.90 bits per heavy atom. The maximum absolute atomic E-state index is 5.60. The van der Waals surface area contributed by atoms with Crippen molar-refractivity contribution >= 4 is 17.3 Å². The summed E-state index contributed by atoms with van der Waals surface area (Å²) in [5.41, 5.74) is 1.06. The van der Waals surface area contributed by atoms with Gasteiger partial charge in [0, 0.05) is 31.1 Å². The number of guanidine groups is 1. The number of aliphatic imine (C=N–C) groups is 1. The quantitative estimate of drug-likeness (QED) is 0.374. The van der Waals surface area contributed by atoms with Crippen LogP contribution < -0.4 is 20.1 Å². The summed E-state index contributed by atoms with van der Waals surface area (Å²) in [6.07, 6.45) is 7.75. The Labute approximate surface area is 189 Å². The number of piperidine rings is 1. The van der Waals surface area contributed by atoms with E-state index in [0.29, 0.717) is 30.0 Å². The Balaban J connectivity index is 1.58. The third-order valence-electron chi connectivity index (χ3n) is 5.60. The van der Waals surface area contributed by atoms with Gasteiger partial charge in [-0.05, 0) is 61.5 Å². The minimum Gasteiger partial charge on any atom is -0.493 e. The van der Waals surface area contributed by atoms with Gasteiger partial charge in [0.05, 0.1) is 7.11 Å². The van der Waals surface area contributed by atoms with E-state index in [-0.39, 0.29) is 6.61 Å². The second kappa shape index (κ2) is 11.6. The second-order valence-electron chi connectivity index (χ2n) is 7.63. The number of terminal acetylenes is 1. The Hall–Kier alpha value is -2.69. The lowest BCUT2D eigenvalue weighted by Gasteiger charge is -2.39. The van der Waals surface area contributed by atoms with Gasteiger partial charge in [0.2, 0.25) is 0 Å². The Bertz CT molecular complexity index is 891. The highest BCUT2D eigenvalue weighted by molar-refractivity contribution is 7.10. The van der Waals surface area contributed by atoms with Crippen molar-refractivity contribution in [3.05, 3.63) is 46.2 Å². The van der Waals surface area contributed by atoms with Crippen LogP contribution in [0.3, 0.4) is 0 Å². The van der Waals surface area contributed by atoms with Crippen molar-refractivity contribution in [2.24, 2.45) is 10.9 Å². The molecular formula is C24H32N4O2S. The number of likely N-dealkylation sites (tertiary alicyclic amines) is 1. The molecular weight excluding hydrogens is 408 g/mol. The van der Waals surface area contributed by atoms with Crippen LogP contribution in [0, 0.1) is 18.3 Å². The number of thiophene rings is 1. The van der Waals surface area contributed by atoms with Crippen LogP contribution in [-0.2, 0) is 6.54 Å². The fourth-order valence-corrected chi connectivity index (χ4v) is 5.06. The maximum atomic E-state index is 5.60. The number of methoxy groups -OCH3 is 1. The number of ether oxygens (including phenoxy) is 2. The summed E-state index contributed by atoms with van der Waals surface area (Å²) in [5.74, 6) is 5.13. The van der Waals surface area contributed by atoms with Gasteiger partial charge in [0.1, 0.15) is 6.61 Å². The first kappa shape index (κ1) is 23.0. The van der Waals surface area contributed by atoms with Crippen molar-refractivity contribution < 1.29 is 9.47 Å². The number of hydrogen-bond acceptors (Lipinski definition) is 5. The third-order valence-corrected chi connectivity index (χ3v) is 6.54. The topological polar surface area (TPSA) is 58.1 Å². The molecule has 0 aliphatic carbocycles. The lowest BCUT2D eigenvalue weighted by molar-refractivity contribution is 0.125. The molecule has 0 bridgehead atoms. The fourth-order valence-electron chi connectivity index (χ4n) is 4.08. The smallest absolute Gasteiger partial charge is 0.191 e. The normalized spacial score (nSPS) is 19.5. The minimum absolute atomic E-state index is 0.206. The Kier molecular flexibility index (Phi) is 8.63. The zero-order chi connectivity index (χ0) is 22.1. The molecule has 7 heteroatoms. The minimum atomic E-state index is 0.206. The molecule has 1 aliphatic heterocycles. The van der Waals surface area contributed by atoms with E-state index in [1.807, 2.05) is 29.5 Å². The van der Waals surface area contributed by atoms with E-state index in [1.54, 1.807) is 14.2 Å². The predicted molar refractivity (Wildman–Crippen MR) is 128 cm³/mol. The highest BCUT2D eigenvalue weighted by Gasteiger charge is 2.31.